The lowest BCUT2D eigenvalue weighted by Gasteiger charge is -2.16. The molecule has 170 valence electrons. The molecular formula is C19H20Br2N6O4S. The molecule has 2 heterocycles. The molecule has 3 aromatic rings. The molecule has 0 atom stereocenters. The van der Waals surface area contributed by atoms with Crippen molar-refractivity contribution in [2.24, 2.45) is 0 Å². The van der Waals surface area contributed by atoms with Crippen LogP contribution in [0.5, 0.6) is 11.9 Å². The van der Waals surface area contributed by atoms with E-state index in [2.05, 4.69) is 61.2 Å². The van der Waals surface area contributed by atoms with E-state index in [4.69, 9.17) is 9.47 Å². The first kappa shape index (κ1) is 24.3. The van der Waals surface area contributed by atoms with Crippen molar-refractivity contribution in [1.29, 1.82) is 0 Å². The summed E-state index contributed by atoms with van der Waals surface area (Å²) in [5, 5.41) is 0. The van der Waals surface area contributed by atoms with Crippen molar-refractivity contribution >= 4 is 47.9 Å². The molecule has 0 fully saturated rings. The Morgan fingerprint density at radius 1 is 1.00 bits per heavy atom. The third-order valence-corrected chi connectivity index (χ3v) is 6.03. The lowest BCUT2D eigenvalue weighted by molar-refractivity contribution is 0.202. The molecule has 0 saturated carbocycles. The number of benzene rings is 1. The summed E-state index contributed by atoms with van der Waals surface area (Å²) < 4.78 is 42.5. The van der Waals surface area contributed by atoms with Crippen LogP contribution in [0.2, 0.25) is 0 Å². The molecule has 0 spiro atoms. The highest BCUT2D eigenvalue weighted by atomic mass is 79.9. The van der Waals surface area contributed by atoms with E-state index in [0.29, 0.717) is 24.1 Å². The molecule has 2 aromatic heterocycles. The quantitative estimate of drug-likeness (QED) is 0.326. The molecule has 0 aliphatic carbocycles. The highest BCUT2D eigenvalue weighted by Gasteiger charge is 2.21. The first-order valence-corrected chi connectivity index (χ1v) is 12.6. The zero-order chi connectivity index (χ0) is 23.0. The third kappa shape index (κ3) is 6.82. The van der Waals surface area contributed by atoms with Gasteiger partial charge in [-0.15, -0.1) is 0 Å². The Hall–Kier alpha value is -2.35. The van der Waals surface area contributed by atoms with Gasteiger partial charge in [-0.3, -0.25) is 4.72 Å². The summed E-state index contributed by atoms with van der Waals surface area (Å²) in [5.74, 6) is 0.281. The summed E-state index contributed by atoms with van der Waals surface area (Å²) in [6, 6.07) is 7.50. The maximum Gasteiger partial charge on any atom is 0.316 e. The van der Waals surface area contributed by atoms with E-state index < -0.39 is 10.2 Å². The lowest BCUT2D eigenvalue weighted by atomic mass is 10.1. The number of ether oxygens (including phenoxy) is 2. The molecule has 1 aromatic carbocycles. The van der Waals surface area contributed by atoms with E-state index in [1.54, 1.807) is 18.5 Å². The van der Waals surface area contributed by atoms with Crippen molar-refractivity contribution in [3.05, 3.63) is 51.9 Å². The first-order chi connectivity index (χ1) is 15.4. The highest BCUT2D eigenvalue weighted by molar-refractivity contribution is 9.10. The summed E-state index contributed by atoms with van der Waals surface area (Å²) in [4.78, 5) is 16.4. The van der Waals surface area contributed by atoms with E-state index >= 15 is 0 Å². The number of aromatic nitrogens is 4. The second-order valence-corrected chi connectivity index (χ2v) is 9.53. The van der Waals surface area contributed by atoms with Crippen molar-refractivity contribution in [2.45, 2.75) is 13.3 Å². The molecule has 0 saturated heterocycles. The molecule has 0 amide bonds. The fourth-order valence-corrected chi connectivity index (χ4v) is 4.15. The Balaban J connectivity index is 1.83. The minimum absolute atomic E-state index is 0.0858. The standard InChI is InChI=1S/C19H20Br2N6O4S/c1-2-7-26-32(28,29)27-17-16(14-5-3-4-6-15(14)21)18(25-12-24-17)30-8-9-31-19-22-10-13(20)11-23-19/h3-6,10-12,26H,2,7-9H2,1H3,(H,24,25,27). The highest BCUT2D eigenvalue weighted by Crippen LogP contribution is 2.38. The van der Waals surface area contributed by atoms with E-state index in [-0.39, 0.29) is 30.9 Å². The van der Waals surface area contributed by atoms with Crippen molar-refractivity contribution < 1.29 is 17.9 Å². The van der Waals surface area contributed by atoms with Gasteiger partial charge in [-0.1, -0.05) is 41.1 Å². The summed E-state index contributed by atoms with van der Waals surface area (Å²) >= 11 is 6.75. The maximum absolute atomic E-state index is 12.4. The number of hydrogen-bond donors (Lipinski definition) is 2. The molecule has 0 bridgehead atoms. The lowest BCUT2D eigenvalue weighted by Crippen LogP contribution is -2.31. The van der Waals surface area contributed by atoms with Crippen molar-refractivity contribution in [3.63, 3.8) is 0 Å². The number of rotatable bonds is 11. The fraction of sp³-hybridized carbons (Fsp3) is 0.263. The van der Waals surface area contributed by atoms with Crippen molar-refractivity contribution in [1.82, 2.24) is 24.7 Å². The van der Waals surface area contributed by atoms with Crippen LogP contribution in [-0.4, -0.2) is 48.1 Å². The van der Waals surface area contributed by atoms with Gasteiger partial charge in [0, 0.05) is 29.0 Å². The largest absolute Gasteiger partial charge is 0.473 e. The Labute approximate surface area is 202 Å². The van der Waals surface area contributed by atoms with Crippen molar-refractivity contribution in [3.8, 4) is 23.0 Å². The summed E-state index contributed by atoms with van der Waals surface area (Å²) in [5.41, 5.74) is 1.05. The van der Waals surface area contributed by atoms with Crippen LogP contribution in [0.3, 0.4) is 0 Å². The van der Waals surface area contributed by atoms with E-state index in [9.17, 15) is 8.42 Å². The zero-order valence-electron chi connectivity index (χ0n) is 17.0. The minimum Gasteiger partial charge on any atom is -0.473 e. The minimum atomic E-state index is -3.83. The number of hydrogen-bond acceptors (Lipinski definition) is 8. The molecule has 0 radical (unpaired) electrons. The van der Waals surface area contributed by atoms with Crippen LogP contribution in [0.4, 0.5) is 5.82 Å². The van der Waals surface area contributed by atoms with Gasteiger partial charge in [-0.05, 0) is 28.4 Å². The Morgan fingerprint density at radius 2 is 1.72 bits per heavy atom. The molecule has 13 heteroatoms. The predicted molar refractivity (Wildman–Crippen MR) is 127 cm³/mol. The number of halogens is 2. The average molecular weight is 588 g/mol. The van der Waals surface area contributed by atoms with Crippen LogP contribution in [0.15, 0.2) is 51.9 Å². The van der Waals surface area contributed by atoms with Gasteiger partial charge in [-0.2, -0.15) is 13.1 Å². The summed E-state index contributed by atoms with van der Waals surface area (Å²) in [6.45, 7) is 2.44. The van der Waals surface area contributed by atoms with Gasteiger partial charge in [0.15, 0.2) is 5.82 Å². The van der Waals surface area contributed by atoms with Gasteiger partial charge in [0.05, 0.1) is 10.0 Å². The Morgan fingerprint density at radius 3 is 2.44 bits per heavy atom. The van der Waals surface area contributed by atoms with E-state index in [0.717, 1.165) is 8.95 Å². The van der Waals surface area contributed by atoms with Crippen LogP contribution in [0, 0.1) is 0 Å². The molecule has 3 rings (SSSR count). The Bertz CT molecular complexity index is 1150. The van der Waals surface area contributed by atoms with Gasteiger partial charge in [0.25, 0.3) is 10.2 Å². The number of nitrogens with zero attached hydrogens (tertiary/aromatic N) is 4. The average Bonchev–Trinajstić information content (AvgIpc) is 2.77. The van der Waals surface area contributed by atoms with Gasteiger partial charge >= 0.3 is 6.01 Å². The second-order valence-electron chi connectivity index (χ2n) is 6.26. The molecule has 10 nitrogen and oxygen atoms in total. The third-order valence-electron chi connectivity index (χ3n) is 3.88. The molecule has 0 aliphatic rings. The monoisotopic (exact) mass is 586 g/mol. The topological polar surface area (TPSA) is 128 Å². The molecular weight excluding hydrogens is 568 g/mol. The Kier molecular flexibility index (Phi) is 8.73. The van der Waals surface area contributed by atoms with Crippen molar-refractivity contribution in [2.75, 3.05) is 24.5 Å². The van der Waals surface area contributed by atoms with Crippen LogP contribution in [-0.2, 0) is 10.2 Å². The van der Waals surface area contributed by atoms with Gasteiger partial charge in [-0.25, -0.2) is 19.9 Å². The molecule has 2 N–H and O–H groups in total. The molecule has 0 aliphatic heterocycles. The summed E-state index contributed by atoms with van der Waals surface area (Å²) in [7, 11) is -3.83. The first-order valence-electron chi connectivity index (χ1n) is 9.50. The number of nitrogens with one attached hydrogen (secondary N) is 2. The zero-order valence-corrected chi connectivity index (χ0v) is 20.9. The number of anilines is 1. The van der Waals surface area contributed by atoms with Crippen LogP contribution < -0.4 is 18.9 Å². The SMILES string of the molecule is CCCNS(=O)(=O)Nc1ncnc(OCCOc2ncc(Br)cn2)c1-c1ccccc1Br. The van der Waals surface area contributed by atoms with E-state index in [1.807, 2.05) is 25.1 Å². The van der Waals surface area contributed by atoms with Crippen LogP contribution >= 0.6 is 31.9 Å². The summed E-state index contributed by atoms with van der Waals surface area (Å²) in [6.07, 6.45) is 5.03. The maximum atomic E-state index is 12.4. The molecule has 32 heavy (non-hydrogen) atoms. The van der Waals surface area contributed by atoms with Gasteiger partial charge < -0.3 is 9.47 Å². The van der Waals surface area contributed by atoms with Crippen LogP contribution in [0.1, 0.15) is 13.3 Å². The predicted octanol–water partition coefficient (Wildman–Crippen LogP) is 3.57. The fourth-order valence-electron chi connectivity index (χ4n) is 2.51. The smallest absolute Gasteiger partial charge is 0.316 e. The normalized spacial score (nSPS) is 11.2. The van der Waals surface area contributed by atoms with Crippen LogP contribution in [0.25, 0.3) is 11.1 Å². The van der Waals surface area contributed by atoms with Gasteiger partial charge in [0.2, 0.25) is 5.88 Å². The van der Waals surface area contributed by atoms with E-state index in [1.165, 1.54) is 6.33 Å². The molecule has 0 unspecified atom stereocenters. The second kappa shape index (κ2) is 11.5. The van der Waals surface area contributed by atoms with Gasteiger partial charge in [0.1, 0.15) is 19.5 Å².